The highest BCUT2D eigenvalue weighted by atomic mass is 16.5. The van der Waals surface area contributed by atoms with Gasteiger partial charge >= 0.3 is 0 Å². The van der Waals surface area contributed by atoms with Crippen molar-refractivity contribution in [1.82, 2.24) is 10.2 Å². The fourth-order valence-corrected chi connectivity index (χ4v) is 3.91. The maximum atomic E-state index is 6.09. The number of hydrogen-bond donors (Lipinski definition) is 1. The Balaban J connectivity index is 1.82. The maximum Gasteiger partial charge on any atom is 0.161 e. The Labute approximate surface area is 169 Å². The molecule has 0 amide bonds. The smallest absolute Gasteiger partial charge is 0.161 e. The van der Waals surface area contributed by atoms with Gasteiger partial charge in [0.2, 0.25) is 0 Å². The van der Waals surface area contributed by atoms with Crippen LogP contribution in [0.15, 0.2) is 48.5 Å². The number of piperazine rings is 1. The molecule has 3 rings (SSSR count). The van der Waals surface area contributed by atoms with Gasteiger partial charge in [-0.15, -0.1) is 0 Å². The minimum Gasteiger partial charge on any atom is -0.490 e. The monoisotopic (exact) mass is 382 g/mol. The molecule has 0 radical (unpaired) electrons. The Hall–Kier alpha value is -2.04. The van der Waals surface area contributed by atoms with Gasteiger partial charge in [0.25, 0.3) is 0 Å². The lowest BCUT2D eigenvalue weighted by atomic mass is 9.90. The molecule has 2 atom stereocenters. The van der Waals surface area contributed by atoms with E-state index >= 15 is 0 Å². The molecule has 4 heteroatoms. The van der Waals surface area contributed by atoms with E-state index < -0.39 is 0 Å². The molecule has 152 valence electrons. The van der Waals surface area contributed by atoms with Crippen LogP contribution < -0.4 is 14.8 Å². The zero-order chi connectivity index (χ0) is 19.8. The Bertz CT molecular complexity index is 714. The molecule has 1 saturated heterocycles. The van der Waals surface area contributed by atoms with Crippen molar-refractivity contribution in [1.29, 1.82) is 0 Å². The molecule has 1 aliphatic heterocycles. The van der Waals surface area contributed by atoms with Gasteiger partial charge in [0.05, 0.1) is 6.61 Å². The highest BCUT2D eigenvalue weighted by molar-refractivity contribution is 5.44. The third-order valence-electron chi connectivity index (χ3n) is 5.57. The predicted octanol–water partition coefficient (Wildman–Crippen LogP) is 4.66. The van der Waals surface area contributed by atoms with Crippen molar-refractivity contribution in [3.63, 3.8) is 0 Å². The van der Waals surface area contributed by atoms with Gasteiger partial charge in [-0.05, 0) is 36.1 Å². The molecular weight excluding hydrogens is 348 g/mol. The highest BCUT2D eigenvalue weighted by Gasteiger charge is 2.27. The normalized spacial score (nSPS) is 17.1. The first kappa shape index (κ1) is 20.7. The van der Waals surface area contributed by atoms with E-state index in [9.17, 15) is 0 Å². The zero-order valence-electron chi connectivity index (χ0n) is 17.5. The summed E-state index contributed by atoms with van der Waals surface area (Å²) >= 11 is 0. The minimum atomic E-state index is 0.412. The molecule has 0 bridgehead atoms. The molecule has 1 unspecified atom stereocenters. The van der Waals surface area contributed by atoms with Gasteiger partial charge in [-0.2, -0.15) is 0 Å². The van der Waals surface area contributed by atoms with E-state index in [4.69, 9.17) is 9.47 Å². The molecule has 0 aliphatic carbocycles. The number of nitrogens with one attached hydrogen (secondary N) is 1. The third kappa shape index (κ3) is 5.27. The molecule has 4 nitrogen and oxygen atoms in total. The fourth-order valence-electron chi connectivity index (χ4n) is 3.91. The number of hydrogen-bond acceptors (Lipinski definition) is 4. The second-order valence-electron chi connectivity index (χ2n) is 7.53. The van der Waals surface area contributed by atoms with E-state index in [-0.39, 0.29) is 0 Å². The summed E-state index contributed by atoms with van der Waals surface area (Å²) < 4.78 is 12.1. The fraction of sp³-hybridized carbons (Fsp3) is 0.500. The predicted molar refractivity (Wildman–Crippen MR) is 115 cm³/mol. The molecule has 0 aromatic heterocycles. The van der Waals surface area contributed by atoms with Gasteiger partial charge in [-0.3, -0.25) is 4.90 Å². The summed E-state index contributed by atoms with van der Waals surface area (Å²) in [6.45, 7) is 12.1. The first-order valence-corrected chi connectivity index (χ1v) is 10.6. The first-order chi connectivity index (χ1) is 13.7. The molecule has 0 spiro atoms. The summed E-state index contributed by atoms with van der Waals surface area (Å²) in [7, 11) is 0. The van der Waals surface area contributed by atoms with E-state index in [1.165, 1.54) is 5.56 Å². The van der Waals surface area contributed by atoms with Crippen molar-refractivity contribution in [2.45, 2.75) is 39.8 Å². The van der Waals surface area contributed by atoms with Crippen molar-refractivity contribution in [3.05, 3.63) is 59.7 Å². The van der Waals surface area contributed by atoms with E-state index in [1.54, 1.807) is 0 Å². The quantitative estimate of drug-likeness (QED) is 0.684. The summed E-state index contributed by atoms with van der Waals surface area (Å²) in [6.07, 6.45) is 1.16. The van der Waals surface area contributed by atoms with Crippen molar-refractivity contribution >= 4 is 0 Å². The Morgan fingerprint density at radius 1 is 0.964 bits per heavy atom. The molecule has 2 aromatic carbocycles. The van der Waals surface area contributed by atoms with E-state index in [0.29, 0.717) is 25.2 Å². The van der Waals surface area contributed by atoms with E-state index in [0.717, 1.165) is 49.7 Å². The Morgan fingerprint density at radius 2 is 1.71 bits per heavy atom. The second kappa shape index (κ2) is 10.5. The van der Waals surface area contributed by atoms with Crippen LogP contribution in [0.1, 0.15) is 44.4 Å². The Kier molecular flexibility index (Phi) is 7.75. The van der Waals surface area contributed by atoms with Crippen molar-refractivity contribution in [3.8, 4) is 11.5 Å². The number of rotatable bonds is 9. The van der Waals surface area contributed by atoms with Gasteiger partial charge in [0.1, 0.15) is 6.61 Å². The zero-order valence-corrected chi connectivity index (χ0v) is 17.5. The van der Waals surface area contributed by atoms with Crippen LogP contribution >= 0.6 is 0 Å². The lowest BCUT2D eigenvalue weighted by Crippen LogP contribution is -2.46. The van der Waals surface area contributed by atoms with Crippen molar-refractivity contribution in [2.75, 3.05) is 32.8 Å². The number of nitrogens with zero attached hydrogens (tertiary/aromatic N) is 1. The third-order valence-corrected chi connectivity index (χ3v) is 5.57. The lowest BCUT2D eigenvalue weighted by Gasteiger charge is -2.38. The Morgan fingerprint density at radius 3 is 2.39 bits per heavy atom. The minimum absolute atomic E-state index is 0.412. The summed E-state index contributed by atoms with van der Waals surface area (Å²) in [6, 6.07) is 17.2. The highest BCUT2D eigenvalue weighted by Crippen LogP contribution is 2.37. The molecule has 1 aliphatic rings. The van der Waals surface area contributed by atoms with Gasteiger partial charge in [-0.25, -0.2) is 0 Å². The standard InChI is InChI=1S/C24H34N2O2/c1-4-19(3)24(26-15-13-25-14-16-26)21-11-12-22(23(17-21)27-5-2)28-18-20-9-7-6-8-10-20/h6-12,17,19,24-25H,4-5,13-16,18H2,1-3H3/t19?,24-/m0/s1. The summed E-state index contributed by atoms with van der Waals surface area (Å²) in [5, 5.41) is 3.46. The molecular formula is C24H34N2O2. The van der Waals surface area contributed by atoms with Crippen LogP contribution in [-0.2, 0) is 6.61 Å². The number of benzene rings is 2. The SMILES string of the molecule is CCOc1cc([C@H](C(C)CC)N2CCNCC2)ccc1OCc1ccccc1. The number of ether oxygens (including phenoxy) is 2. The van der Waals surface area contributed by atoms with Gasteiger partial charge in [0.15, 0.2) is 11.5 Å². The van der Waals surface area contributed by atoms with Gasteiger partial charge in [-0.1, -0.05) is 56.7 Å². The molecule has 1 N–H and O–H groups in total. The van der Waals surface area contributed by atoms with Crippen LogP contribution in [0.2, 0.25) is 0 Å². The summed E-state index contributed by atoms with van der Waals surface area (Å²) in [5.74, 6) is 2.25. The van der Waals surface area contributed by atoms with E-state index in [1.807, 2.05) is 25.1 Å². The van der Waals surface area contributed by atoms with Crippen LogP contribution in [0, 0.1) is 5.92 Å². The summed E-state index contributed by atoms with van der Waals surface area (Å²) in [5.41, 5.74) is 2.49. The second-order valence-corrected chi connectivity index (χ2v) is 7.53. The molecule has 2 aromatic rings. The van der Waals surface area contributed by atoms with Crippen LogP contribution in [-0.4, -0.2) is 37.7 Å². The van der Waals surface area contributed by atoms with Crippen molar-refractivity contribution < 1.29 is 9.47 Å². The molecule has 0 saturated carbocycles. The van der Waals surface area contributed by atoms with Crippen LogP contribution in [0.5, 0.6) is 11.5 Å². The maximum absolute atomic E-state index is 6.09. The van der Waals surface area contributed by atoms with Gasteiger partial charge < -0.3 is 14.8 Å². The molecule has 1 heterocycles. The van der Waals surface area contributed by atoms with Crippen LogP contribution in [0.4, 0.5) is 0 Å². The summed E-state index contributed by atoms with van der Waals surface area (Å²) in [4.78, 5) is 2.61. The van der Waals surface area contributed by atoms with E-state index in [2.05, 4.69) is 54.4 Å². The average Bonchev–Trinajstić information content (AvgIpc) is 2.75. The van der Waals surface area contributed by atoms with Crippen LogP contribution in [0.25, 0.3) is 0 Å². The topological polar surface area (TPSA) is 33.7 Å². The average molecular weight is 383 g/mol. The molecule has 28 heavy (non-hydrogen) atoms. The first-order valence-electron chi connectivity index (χ1n) is 10.6. The van der Waals surface area contributed by atoms with Crippen LogP contribution in [0.3, 0.4) is 0 Å². The lowest BCUT2D eigenvalue weighted by molar-refractivity contribution is 0.128. The largest absolute Gasteiger partial charge is 0.490 e. The van der Waals surface area contributed by atoms with Gasteiger partial charge in [0, 0.05) is 32.2 Å². The molecule has 1 fully saturated rings. The van der Waals surface area contributed by atoms with Crippen molar-refractivity contribution in [2.24, 2.45) is 5.92 Å².